The van der Waals surface area contributed by atoms with Crippen molar-refractivity contribution in [2.24, 2.45) is 0 Å². The molecule has 21 heavy (non-hydrogen) atoms. The van der Waals surface area contributed by atoms with Crippen LogP contribution in [0.5, 0.6) is 5.75 Å². The molecule has 4 heteroatoms. The normalized spacial score (nSPS) is 21.1. The van der Waals surface area contributed by atoms with E-state index in [2.05, 4.69) is 0 Å². The first-order chi connectivity index (χ1) is 10.0. The molecular formula is C17H15F3O. The van der Waals surface area contributed by atoms with Gasteiger partial charge in [0.1, 0.15) is 5.75 Å². The second-order valence-electron chi connectivity index (χ2n) is 5.31. The van der Waals surface area contributed by atoms with E-state index in [1.165, 1.54) is 0 Å². The lowest BCUT2D eigenvalue weighted by Crippen LogP contribution is -2.04. The molecule has 0 unspecified atom stereocenters. The van der Waals surface area contributed by atoms with E-state index < -0.39 is 11.7 Å². The van der Waals surface area contributed by atoms with Crippen LogP contribution >= 0.6 is 0 Å². The quantitative estimate of drug-likeness (QED) is 0.774. The molecule has 3 rings (SSSR count). The summed E-state index contributed by atoms with van der Waals surface area (Å²) in [5, 5.41) is 0. The maximum Gasteiger partial charge on any atom is 0.416 e. The van der Waals surface area contributed by atoms with Gasteiger partial charge >= 0.3 is 6.18 Å². The molecule has 0 saturated heterocycles. The average Bonchev–Trinajstić information content (AvgIpc) is 3.27. The van der Waals surface area contributed by atoms with Gasteiger partial charge in [0.15, 0.2) is 0 Å². The van der Waals surface area contributed by atoms with E-state index in [0.717, 1.165) is 35.4 Å². The minimum Gasteiger partial charge on any atom is -0.496 e. The predicted octanol–water partition coefficient (Wildman–Crippen LogP) is 4.99. The van der Waals surface area contributed by atoms with Crippen LogP contribution in [0.25, 0.3) is 0 Å². The maximum atomic E-state index is 12.6. The number of hydrogen-bond donors (Lipinski definition) is 0. The smallest absolute Gasteiger partial charge is 0.416 e. The molecule has 1 fully saturated rings. The van der Waals surface area contributed by atoms with Crippen molar-refractivity contribution in [1.29, 1.82) is 0 Å². The van der Waals surface area contributed by atoms with Gasteiger partial charge in [-0.1, -0.05) is 30.3 Å². The summed E-state index contributed by atoms with van der Waals surface area (Å²) in [5.74, 6) is 1.46. The highest BCUT2D eigenvalue weighted by atomic mass is 19.4. The molecular weight excluding hydrogens is 277 g/mol. The lowest BCUT2D eigenvalue weighted by Gasteiger charge is -2.09. The molecule has 0 aromatic heterocycles. The van der Waals surface area contributed by atoms with Crippen molar-refractivity contribution in [3.8, 4) is 5.75 Å². The highest BCUT2D eigenvalue weighted by molar-refractivity contribution is 5.44. The van der Waals surface area contributed by atoms with E-state index in [1.54, 1.807) is 19.2 Å². The molecule has 2 aromatic carbocycles. The Kier molecular flexibility index (Phi) is 3.40. The van der Waals surface area contributed by atoms with Crippen molar-refractivity contribution in [3.05, 3.63) is 65.2 Å². The zero-order valence-electron chi connectivity index (χ0n) is 11.5. The van der Waals surface area contributed by atoms with E-state index >= 15 is 0 Å². The fraction of sp³-hybridized carbons (Fsp3) is 0.294. The SMILES string of the molecule is COc1ccccc1[C@@H]1C[C@H]1c1ccc(C(F)(F)F)cc1. The standard InChI is InChI=1S/C17H15F3O/c1-21-16-5-3-2-4-13(16)15-10-14(15)11-6-8-12(9-7-11)17(18,19)20/h2-9,14-15H,10H2,1H3/t14-,15-/m0/s1. The second-order valence-corrected chi connectivity index (χ2v) is 5.31. The van der Waals surface area contributed by atoms with E-state index in [4.69, 9.17) is 4.74 Å². The van der Waals surface area contributed by atoms with Gasteiger partial charge in [0.05, 0.1) is 12.7 Å². The van der Waals surface area contributed by atoms with Gasteiger partial charge in [-0.2, -0.15) is 13.2 Å². The van der Waals surface area contributed by atoms with E-state index in [-0.39, 0.29) is 5.92 Å². The van der Waals surface area contributed by atoms with Crippen LogP contribution in [-0.2, 0) is 6.18 Å². The van der Waals surface area contributed by atoms with Gasteiger partial charge in [-0.15, -0.1) is 0 Å². The van der Waals surface area contributed by atoms with Gasteiger partial charge in [0.2, 0.25) is 0 Å². The van der Waals surface area contributed by atoms with Crippen molar-refractivity contribution in [3.63, 3.8) is 0 Å². The molecule has 1 aliphatic carbocycles. The van der Waals surface area contributed by atoms with Gasteiger partial charge in [-0.3, -0.25) is 0 Å². The molecule has 0 aliphatic heterocycles. The highest BCUT2D eigenvalue weighted by Gasteiger charge is 2.41. The molecule has 2 aromatic rings. The third-order valence-corrected chi connectivity index (χ3v) is 3.99. The maximum absolute atomic E-state index is 12.6. The van der Waals surface area contributed by atoms with Gasteiger partial charge in [0.25, 0.3) is 0 Å². The summed E-state index contributed by atoms with van der Waals surface area (Å²) in [5.41, 5.74) is 1.49. The van der Waals surface area contributed by atoms with Gasteiger partial charge < -0.3 is 4.74 Å². The Morgan fingerprint density at radius 1 is 0.952 bits per heavy atom. The Morgan fingerprint density at radius 3 is 2.24 bits per heavy atom. The van der Waals surface area contributed by atoms with Crippen LogP contribution in [0.1, 0.15) is 34.9 Å². The molecule has 1 aliphatic rings. The lowest BCUT2D eigenvalue weighted by molar-refractivity contribution is -0.137. The Balaban J connectivity index is 1.79. The molecule has 110 valence electrons. The zero-order valence-corrected chi connectivity index (χ0v) is 11.5. The average molecular weight is 292 g/mol. The van der Waals surface area contributed by atoms with Gasteiger partial charge in [-0.25, -0.2) is 0 Å². The summed E-state index contributed by atoms with van der Waals surface area (Å²) >= 11 is 0. The number of methoxy groups -OCH3 is 1. The Hall–Kier alpha value is -1.97. The predicted molar refractivity (Wildman–Crippen MR) is 74.5 cm³/mol. The van der Waals surface area contributed by atoms with Crippen LogP contribution < -0.4 is 4.74 Å². The minimum absolute atomic E-state index is 0.281. The number of benzene rings is 2. The van der Waals surface area contributed by atoms with Gasteiger partial charge in [-0.05, 0) is 47.6 Å². The van der Waals surface area contributed by atoms with Crippen LogP contribution in [0.15, 0.2) is 48.5 Å². The summed E-state index contributed by atoms with van der Waals surface area (Å²) in [6.45, 7) is 0. The Bertz CT molecular complexity index is 631. The first-order valence-electron chi connectivity index (χ1n) is 6.81. The molecule has 0 bridgehead atoms. The molecule has 0 spiro atoms. The van der Waals surface area contributed by atoms with Crippen molar-refractivity contribution < 1.29 is 17.9 Å². The molecule has 0 amide bonds. The number of alkyl halides is 3. The Morgan fingerprint density at radius 2 is 1.62 bits per heavy atom. The second kappa shape index (κ2) is 5.10. The third kappa shape index (κ3) is 2.75. The summed E-state index contributed by atoms with van der Waals surface area (Å²) in [7, 11) is 1.63. The molecule has 0 N–H and O–H groups in total. The van der Waals surface area contributed by atoms with E-state index in [1.807, 2.05) is 24.3 Å². The topological polar surface area (TPSA) is 9.23 Å². The first-order valence-corrected chi connectivity index (χ1v) is 6.81. The highest BCUT2D eigenvalue weighted by Crippen LogP contribution is 2.56. The monoisotopic (exact) mass is 292 g/mol. The summed E-state index contributed by atoms with van der Waals surface area (Å²) in [4.78, 5) is 0. The molecule has 1 saturated carbocycles. The largest absolute Gasteiger partial charge is 0.496 e. The fourth-order valence-electron chi connectivity index (χ4n) is 2.80. The van der Waals surface area contributed by atoms with Crippen molar-refractivity contribution >= 4 is 0 Å². The summed E-state index contributed by atoms with van der Waals surface area (Å²) < 4.78 is 43.0. The zero-order chi connectivity index (χ0) is 15.0. The Labute approximate surface area is 121 Å². The third-order valence-electron chi connectivity index (χ3n) is 3.99. The van der Waals surface area contributed by atoms with E-state index in [9.17, 15) is 13.2 Å². The van der Waals surface area contributed by atoms with Crippen LogP contribution in [0, 0.1) is 0 Å². The van der Waals surface area contributed by atoms with Crippen molar-refractivity contribution in [1.82, 2.24) is 0 Å². The first kappa shape index (κ1) is 14.0. The summed E-state index contributed by atoms with van der Waals surface area (Å²) in [6.07, 6.45) is -3.32. The fourth-order valence-corrected chi connectivity index (χ4v) is 2.80. The lowest BCUT2D eigenvalue weighted by atomic mass is 10.0. The van der Waals surface area contributed by atoms with Gasteiger partial charge in [0, 0.05) is 0 Å². The number of ether oxygens (including phenoxy) is 1. The van der Waals surface area contributed by atoms with Crippen molar-refractivity contribution in [2.45, 2.75) is 24.4 Å². The number of hydrogen-bond acceptors (Lipinski definition) is 1. The minimum atomic E-state index is -4.27. The molecule has 0 heterocycles. The van der Waals surface area contributed by atoms with E-state index in [0.29, 0.717) is 5.92 Å². The molecule has 1 nitrogen and oxygen atoms in total. The molecule has 2 atom stereocenters. The molecule has 0 radical (unpaired) electrons. The van der Waals surface area contributed by atoms with Crippen LogP contribution in [0.2, 0.25) is 0 Å². The number of halogens is 3. The van der Waals surface area contributed by atoms with Crippen LogP contribution in [-0.4, -0.2) is 7.11 Å². The van der Waals surface area contributed by atoms with Crippen molar-refractivity contribution in [2.75, 3.05) is 7.11 Å². The van der Waals surface area contributed by atoms with Crippen LogP contribution in [0.3, 0.4) is 0 Å². The number of rotatable bonds is 3. The number of para-hydroxylation sites is 1. The van der Waals surface area contributed by atoms with Crippen LogP contribution in [0.4, 0.5) is 13.2 Å². The summed E-state index contributed by atoms with van der Waals surface area (Å²) in [6, 6.07) is 13.3.